The van der Waals surface area contributed by atoms with Crippen molar-refractivity contribution in [2.45, 2.75) is 20.3 Å². The van der Waals surface area contributed by atoms with Gasteiger partial charge in [0.15, 0.2) is 11.7 Å². The van der Waals surface area contributed by atoms with Crippen molar-refractivity contribution in [3.8, 4) is 5.75 Å². The second-order valence-corrected chi connectivity index (χ2v) is 5.57. The highest BCUT2D eigenvalue weighted by molar-refractivity contribution is 7.80. The summed E-state index contributed by atoms with van der Waals surface area (Å²) >= 11 is 5.17. The summed E-state index contributed by atoms with van der Waals surface area (Å²) < 4.78 is 10.6. The van der Waals surface area contributed by atoms with Gasteiger partial charge in [0.25, 0.3) is 5.91 Å². The zero-order valence-corrected chi connectivity index (χ0v) is 14.7. The Morgan fingerprint density at radius 3 is 3.12 bits per heavy atom. The Bertz CT molecular complexity index is 634. The maximum Gasteiger partial charge on any atom is 0.262 e. The minimum absolute atomic E-state index is 0.0458. The number of carbonyl (C=O) groups is 1. The Labute approximate surface area is 146 Å². The maximum absolute atomic E-state index is 11.4. The fourth-order valence-corrected chi connectivity index (χ4v) is 2.22. The lowest BCUT2D eigenvalue weighted by atomic mass is 10.1. The maximum atomic E-state index is 11.4. The predicted octanol–water partition coefficient (Wildman–Crippen LogP) is 1.63. The Morgan fingerprint density at radius 1 is 1.50 bits per heavy atom. The predicted molar refractivity (Wildman–Crippen MR) is 97.6 cm³/mol. The van der Waals surface area contributed by atoms with E-state index in [0.717, 1.165) is 30.8 Å². The van der Waals surface area contributed by atoms with Crippen molar-refractivity contribution in [3.05, 3.63) is 23.8 Å². The molecule has 0 unspecified atom stereocenters. The van der Waals surface area contributed by atoms with Crippen LogP contribution in [0.3, 0.4) is 0 Å². The van der Waals surface area contributed by atoms with E-state index in [1.807, 2.05) is 32.0 Å². The Balaban J connectivity index is 1.85. The molecule has 2 rings (SSSR count). The summed E-state index contributed by atoms with van der Waals surface area (Å²) in [4.78, 5) is 11.4. The van der Waals surface area contributed by atoms with Gasteiger partial charge in [0, 0.05) is 19.8 Å². The minimum Gasteiger partial charge on any atom is -0.482 e. The highest BCUT2D eigenvalue weighted by Gasteiger charge is 2.16. The lowest BCUT2D eigenvalue weighted by Crippen LogP contribution is -2.33. The van der Waals surface area contributed by atoms with Crippen LogP contribution in [-0.4, -0.2) is 43.1 Å². The van der Waals surface area contributed by atoms with E-state index in [9.17, 15) is 4.79 Å². The van der Waals surface area contributed by atoms with Crippen molar-refractivity contribution < 1.29 is 14.3 Å². The Hall–Kier alpha value is -2.19. The number of ether oxygens (including phenoxy) is 2. The zero-order valence-electron chi connectivity index (χ0n) is 13.8. The standard InChI is InChI=1S/C16H22N4O3S/c1-3-22-8-4-7-17-16(24)20-19-11(2)12-5-6-14-13(9-12)18-15(21)10-23-14/h5-6,9H,3-4,7-8,10H2,1-2H3,(H,18,21)(H2,17,20,24)/b19-11-. The number of hydrogen-bond donors (Lipinski definition) is 3. The van der Waals surface area contributed by atoms with Crippen LogP contribution in [0.15, 0.2) is 23.3 Å². The Morgan fingerprint density at radius 2 is 2.33 bits per heavy atom. The van der Waals surface area contributed by atoms with E-state index in [0.29, 0.717) is 23.2 Å². The monoisotopic (exact) mass is 350 g/mol. The first-order valence-electron chi connectivity index (χ1n) is 7.83. The van der Waals surface area contributed by atoms with Crippen molar-refractivity contribution >= 4 is 34.6 Å². The summed E-state index contributed by atoms with van der Waals surface area (Å²) in [5.41, 5.74) is 5.07. The van der Waals surface area contributed by atoms with Crippen molar-refractivity contribution in [1.82, 2.24) is 10.7 Å². The summed E-state index contributed by atoms with van der Waals surface area (Å²) in [6.45, 7) is 6.02. The van der Waals surface area contributed by atoms with E-state index in [4.69, 9.17) is 21.7 Å². The average molecular weight is 350 g/mol. The topological polar surface area (TPSA) is 84.0 Å². The molecule has 0 aliphatic carbocycles. The van der Waals surface area contributed by atoms with Gasteiger partial charge < -0.3 is 20.1 Å². The van der Waals surface area contributed by atoms with Gasteiger partial charge in [-0.25, -0.2) is 0 Å². The first kappa shape index (κ1) is 18.2. The number of anilines is 1. The molecule has 0 spiro atoms. The molecule has 0 aromatic heterocycles. The third-order valence-electron chi connectivity index (χ3n) is 3.31. The van der Waals surface area contributed by atoms with E-state index in [1.165, 1.54) is 0 Å². The molecule has 0 saturated heterocycles. The largest absolute Gasteiger partial charge is 0.482 e. The van der Waals surface area contributed by atoms with Crippen LogP contribution in [0, 0.1) is 0 Å². The summed E-state index contributed by atoms with van der Waals surface area (Å²) in [5, 5.41) is 10.5. The molecule has 3 N–H and O–H groups in total. The first-order chi connectivity index (χ1) is 11.6. The van der Waals surface area contributed by atoms with Gasteiger partial charge in [-0.05, 0) is 56.2 Å². The number of thiocarbonyl (C=S) groups is 1. The van der Waals surface area contributed by atoms with Gasteiger partial charge in [0.1, 0.15) is 5.75 Å². The fourth-order valence-electron chi connectivity index (χ4n) is 2.07. The van der Waals surface area contributed by atoms with E-state index in [1.54, 1.807) is 0 Å². The molecule has 0 atom stereocenters. The number of fused-ring (bicyclic) bond motifs is 1. The Kier molecular flexibility index (Phi) is 6.95. The number of rotatable bonds is 7. The molecule has 1 heterocycles. The van der Waals surface area contributed by atoms with Crippen LogP contribution in [-0.2, 0) is 9.53 Å². The molecule has 24 heavy (non-hydrogen) atoms. The highest BCUT2D eigenvalue weighted by Crippen LogP contribution is 2.28. The van der Waals surface area contributed by atoms with Crippen LogP contribution in [0.2, 0.25) is 0 Å². The minimum atomic E-state index is -0.162. The smallest absolute Gasteiger partial charge is 0.262 e. The number of nitrogens with zero attached hydrogens (tertiary/aromatic N) is 1. The normalized spacial score (nSPS) is 13.6. The van der Waals surface area contributed by atoms with Crippen LogP contribution >= 0.6 is 12.2 Å². The first-order valence-corrected chi connectivity index (χ1v) is 8.24. The van der Waals surface area contributed by atoms with Crippen LogP contribution in [0.4, 0.5) is 5.69 Å². The van der Waals surface area contributed by atoms with Crippen molar-refractivity contribution in [3.63, 3.8) is 0 Å². The summed E-state index contributed by atoms with van der Waals surface area (Å²) in [7, 11) is 0. The SMILES string of the molecule is CCOCCCNC(=S)N/N=C(/C)c1ccc2c(c1)NC(=O)CO2. The number of benzene rings is 1. The average Bonchev–Trinajstić information content (AvgIpc) is 2.58. The van der Waals surface area contributed by atoms with Crippen molar-refractivity contribution in [2.24, 2.45) is 5.10 Å². The van der Waals surface area contributed by atoms with E-state index in [2.05, 4.69) is 21.2 Å². The lowest BCUT2D eigenvalue weighted by Gasteiger charge is -2.18. The third kappa shape index (κ3) is 5.47. The summed E-state index contributed by atoms with van der Waals surface area (Å²) in [6, 6.07) is 5.52. The third-order valence-corrected chi connectivity index (χ3v) is 3.55. The highest BCUT2D eigenvalue weighted by atomic mass is 32.1. The molecule has 0 radical (unpaired) electrons. The molecule has 0 saturated carbocycles. The lowest BCUT2D eigenvalue weighted by molar-refractivity contribution is -0.118. The fraction of sp³-hybridized carbons (Fsp3) is 0.438. The van der Waals surface area contributed by atoms with Crippen LogP contribution in [0.25, 0.3) is 0 Å². The second-order valence-electron chi connectivity index (χ2n) is 5.16. The summed E-state index contributed by atoms with van der Waals surface area (Å²) in [6.07, 6.45) is 0.878. The van der Waals surface area contributed by atoms with Crippen LogP contribution in [0.5, 0.6) is 5.75 Å². The molecular weight excluding hydrogens is 328 g/mol. The zero-order chi connectivity index (χ0) is 17.4. The molecule has 130 valence electrons. The molecule has 1 aliphatic heterocycles. The van der Waals surface area contributed by atoms with Crippen LogP contribution in [0.1, 0.15) is 25.8 Å². The molecule has 1 aromatic rings. The van der Waals surface area contributed by atoms with E-state index in [-0.39, 0.29) is 12.5 Å². The summed E-state index contributed by atoms with van der Waals surface area (Å²) in [5.74, 6) is 0.496. The molecule has 1 aliphatic rings. The number of amides is 1. The van der Waals surface area contributed by atoms with Gasteiger partial charge in [0.2, 0.25) is 0 Å². The van der Waals surface area contributed by atoms with Crippen LogP contribution < -0.4 is 20.8 Å². The van der Waals surface area contributed by atoms with Crippen molar-refractivity contribution in [1.29, 1.82) is 0 Å². The number of nitrogens with one attached hydrogen (secondary N) is 3. The number of carbonyl (C=O) groups excluding carboxylic acids is 1. The molecule has 0 bridgehead atoms. The number of hydrogen-bond acceptors (Lipinski definition) is 5. The van der Waals surface area contributed by atoms with E-state index >= 15 is 0 Å². The molecule has 7 nitrogen and oxygen atoms in total. The molecule has 0 fully saturated rings. The molecular formula is C16H22N4O3S. The van der Waals surface area contributed by atoms with Crippen molar-refractivity contribution in [2.75, 3.05) is 31.7 Å². The van der Waals surface area contributed by atoms with Gasteiger partial charge in [-0.2, -0.15) is 5.10 Å². The molecule has 1 amide bonds. The molecule has 8 heteroatoms. The quantitative estimate of drug-likeness (QED) is 0.300. The molecule has 1 aromatic carbocycles. The van der Waals surface area contributed by atoms with Gasteiger partial charge in [-0.3, -0.25) is 10.2 Å². The van der Waals surface area contributed by atoms with Gasteiger partial charge >= 0.3 is 0 Å². The van der Waals surface area contributed by atoms with Gasteiger partial charge in [-0.1, -0.05) is 0 Å². The van der Waals surface area contributed by atoms with Gasteiger partial charge in [0.05, 0.1) is 11.4 Å². The number of hydrazone groups is 1. The van der Waals surface area contributed by atoms with E-state index < -0.39 is 0 Å². The second kappa shape index (κ2) is 9.19. The van der Waals surface area contributed by atoms with Gasteiger partial charge in [-0.15, -0.1) is 0 Å².